The van der Waals surface area contributed by atoms with Crippen LogP contribution < -0.4 is 11.1 Å². The minimum absolute atomic E-state index is 0.289. The number of rotatable bonds is 3. The van der Waals surface area contributed by atoms with E-state index < -0.39 is 0 Å². The summed E-state index contributed by atoms with van der Waals surface area (Å²) < 4.78 is 2.96. The summed E-state index contributed by atoms with van der Waals surface area (Å²) in [7, 11) is 0. The zero-order valence-electron chi connectivity index (χ0n) is 12.1. The number of hydrogen-bond acceptors (Lipinski definition) is 5. The van der Waals surface area contributed by atoms with E-state index in [4.69, 9.17) is 0 Å². The fraction of sp³-hybridized carbons (Fsp3) is 0.286. The number of amidine groups is 1. The minimum atomic E-state index is 0.289. The van der Waals surface area contributed by atoms with Gasteiger partial charge in [-0.3, -0.25) is 5.01 Å². The molecule has 6 nitrogen and oxygen atoms in total. The lowest BCUT2D eigenvalue weighted by atomic mass is 10.2. The normalized spacial score (nSPS) is 14.5. The molecule has 0 atom stereocenters. The molecule has 0 fully saturated rings. The van der Waals surface area contributed by atoms with Crippen molar-refractivity contribution in [3.05, 3.63) is 45.3 Å². The first-order valence-corrected chi connectivity index (χ1v) is 7.84. The van der Waals surface area contributed by atoms with Crippen LogP contribution in [-0.4, -0.2) is 26.7 Å². The summed E-state index contributed by atoms with van der Waals surface area (Å²) >= 11 is 2.31. The lowest BCUT2D eigenvalue weighted by molar-refractivity contribution is 0.246. The van der Waals surface area contributed by atoms with Gasteiger partial charge >= 0.3 is 0 Å². The predicted molar refractivity (Wildman–Crippen MR) is 90.8 cm³/mol. The Morgan fingerprint density at radius 1 is 1.19 bits per heavy atom. The molecule has 21 heavy (non-hydrogen) atoms. The van der Waals surface area contributed by atoms with Gasteiger partial charge in [0.05, 0.1) is 17.4 Å². The van der Waals surface area contributed by atoms with Gasteiger partial charge < -0.3 is 0 Å². The lowest BCUT2D eigenvalue weighted by Gasteiger charge is -2.22. The number of nitrogens with zero attached hydrogens (tertiary/aromatic N) is 4. The van der Waals surface area contributed by atoms with E-state index in [1.54, 1.807) is 0 Å². The molecule has 2 N–H and O–H groups in total. The number of hydrazone groups is 1. The monoisotopic (exact) mass is 396 g/mol. The van der Waals surface area contributed by atoms with Crippen LogP contribution in [0, 0.1) is 10.6 Å². The second-order valence-corrected chi connectivity index (χ2v) is 6.24. The summed E-state index contributed by atoms with van der Waals surface area (Å²) in [6.45, 7) is 6.29. The summed E-state index contributed by atoms with van der Waals surface area (Å²) in [5.41, 5.74) is 9.12. The number of aromatic nitrogens is 2. The molecule has 3 rings (SSSR count). The number of hydrazine groups is 2. The van der Waals surface area contributed by atoms with Gasteiger partial charge in [0.1, 0.15) is 3.70 Å². The van der Waals surface area contributed by atoms with Crippen molar-refractivity contribution in [2.75, 3.05) is 0 Å². The fourth-order valence-corrected chi connectivity index (χ4v) is 2.94. The molecule has 0 bridgehead atoms. The predicted octanol–water partition coefficient (Wildman–Crippen LogP) is 2.18. The molecule has 0 aliphatic carbocycles. The zero-order chi connectivity index (χ0) is 15.0. The topological polar surface area (TPSA) is 57.5 Å². The Morgan fingerprint density at radius 3 is 2.57 bits per heavy atom. The second kappa shape index (κ2) is 5.64. The molecule has 1 aromatic carbocycles. The maximum absolute atomic E-state index is 4.50. The molecule has 0 radical (unpaired) electrons. The van der Waals surface area contributed by atoms with Crippen molar-refractivity contribution in [3.8, 4) is 5.69 Å². The molecule has 0 unspecified atom stereocenters. The average Bonchev–Trinajstić information content (AvgIpc) is 3.06. The maximum atomic E-state index is 4.50. The Balaban J connectivity index is 1.98. The number of aryl methyl sites for hydroxylation is 1. The molecule has 0 amide bonds. The number of halogens is 1. The molecule has 1 aromatic heterocycles. The molecule has 1 aliphatic heterocycles. The lowest BCUT2D eigenvalue weighted by Crippen LogP contribution is -2.45. The highest BCUT2D eigenvalue weighted by atomic mass is 127. The quantitative estimate of drug-likeness (QED) is 0.782. The van der Waals surface area contributed by atoms with Crippen LogP contribution >= 0.6 is 22.6 Å². The van der Waals surface area contributed by atoms with Crippen molar-refractivity contribution in [1.82, 2.24) is 25.9 Å². The Morgan fingerprint density at radius 2 is 1.90 bits per heavy atom. The summed E-state index contributed by atoms with van der Waals surface area (Å²) in [4.78, 5) is 0. The molecular weight excluding hydrogens is 379 g/mol. The van der Waals surface area contributed by atoms with Gasteiger partial charge in [0, 0.05) is 6.04 Å². The van der Waals surface area contributed by atoms with Gasteiger partial charge in [-0.15, -0.1) is 10.6 Å². The summed E-state index contributed by atoms with van der Waals surface area (Å²) in [5, 5.41) is 10.8. The highest BCUT2D eigenvalue weighted by molar-refractivity contribution is 14.1. The van der Waals surface area contributed by atoms with E-state index in [-0.39, 0.29) is 6.04 Å². The molecule has 0 saturated carbocycles. The molecule has 0 saturated heterocycles. The summed E-state index contributed by atoms with van der Waals surface area (Å²) in [6.07, 6.45) is 1.85. The third-order valence-electron chi connectivity index (χ3n) is 3.31. The number of nitrogens with one attached hydrogen (secondary N) is 2. The first kappa shape index (κ1) is 14.3. The molecule has 7 heteroatoms. The molecule has 2 heterocycles. The van der Waals surface area contributed by atoms with Crippen LogP contribution in [0.25, 0.3) is 5.69 Å². The zero-order valence-corrected chi connectivity index (χ0v) is 14.3. The highest BCUT2D eigenvalue weighted by Crippen LogP contribution is 2.20. The van der Waals surface area contributed by atoms with Gasteiger partial charge in [0.15, 0.2) is 5.84 Å². The van der Waals surface area contributed by atoms with Gasteiger partial charge in [-0.2, -0.15) is 5.10 Å². The maximum Gasteiger partial charge on any atom is 0.177 e. The largest absolute Gasteiger partial charge is 0.268 e. The third-order valence-corrected chi connectivity index (χ3v) is 4.34. The fourth-order valence-electron chi connectivity index (χ4n) is 2.15. The van der Waals surface area contributed by atoms with Crippen LogP contribution in [0.15, 0.2) is 35.6 Å². The van der Waals surface area contributed by atoms with E-state index in [9.17, 15) is 0 Å². The molecular formula is C14H17IN6. The van der Waals surface area contributed by atoms with E-state index in [2.05, 4.69) is 88.9 Å². The van der Waals surface area contributed by atoms with Gasteiger partial charge in [-0.25, -0.2) is 10.2 Å². The van der Waals surface area contributed by atoms with Gasteiger partial charge in [-0.1, -0.05) is 17.7 Å². The van der Waals surface area contributed by atoms with Crippen LogP contribution in [0.1, 0.15) is 25.0 Å². The van der Waals surface area contributed by atoms with Crippen LogP contribution in [0.3, 0.4) is 0 Å². The van der Waals surface area contributed by atoms with Crippen LogP contribution in [-0.2, 0) is 0 Å². The molecule has 2 aromatic rings. The van der Waals surface area contributed by atoms with Crippen molar-refractivity contribution in [2.45, 2.75) is 26.8 Å². The van der Waals surface area contributed by atoms with Gasteiger partial charge in [0.2, 0.25) is 0 Å². The van der Waals surface area contributed by atoms with Crippen molar-refractivity contribution >= 4 is 28.4 Å². The minimum Gasteiger partial charge on any atom is -0.268 e. The van der Waals surface area contributed by atoms with Crippen molar-refractivity contribution < 1.29 is 0 Å². The van der Waals surface area contributed by atoms with E-state index in [1.807, 2.05) is 15.9 Å². The molecule has 1 aliphatic rings. The van der Waals surface area contributed by atoms with E-state index in [1.165, 1.54) is 5.56 Å². The number of hydrogen-bond donors (Lipinski definition) is 2. The van der Waals surface area contributed by atoms with Crippen LogP contribution in [0.4, 0.5) is 0 Å². The summed E-state index contributed by atoms with van der Waals surface area (Å²) in [6, 6.07) is 8.60. The SMILES string of the molecule is Cc1ccc(-n2ncc(C3=NNNN3C(C)C)c2I)cc1. The van der Waals surface area contributed by atoms with Crippen LogP contribution in [0.2, 0.25) is 0 Å². The smallest absolute Gasteiger partial charge is 0.177 e. The standard InChI is InChI=1S/C14H17IN6/c1-9(2)20-14(17-18-19-20)12-8-16-21(13(12)15)11-6-4-10(3)5-7-11/h4-9,18-19H,1-3H3. The molecule has 110 valence electrons. The van der Waals surface area contributed by atoms with Gasteiger partial charge in [-0.05, 0) is 55.5 Å². The Kier molecular flexibility index (Phi) is 3.85. The van der Waals surface area contributed by atoms with Crippen molar-refractivity contribution in [2.24, 2.45) is 5.10 Å². The Hall–Kier alpha value is -1.61. The second-order valence-electron chi connectivity index (χ2n) is 5.22. The van der Waals surface area contributed by atoms with Crippen molar-refractivity contribution in [3.63, 3.8) is 0 Å². The first-order chi connectivity index (χ1) is 10.1. The first-order valence-electron chi connectivity index (χ1n) is 6.76. The van der Waals surface area contributed by atoms with E-state index in [0.717, 1.165) is 20.8 Å². The summed E-state index contributed by atoms with van der Waals surface area (Å²) in [5.74, 6) is 0.854. The Bertz CT molecular complexity index is 673. The highest BCUT2D eigenvalue weighted by Gasteiger charge is 2.25. The number of benzene rings is 1. The van der Waals surface area contributed by atoms with Crippen molar-refractivity contribution in [1.29, 1.82) is 0 Å². The third kappa shape index (κ3) is 2.62. The van der Waals surface area contributed by atoms with E-state index >= 15 is 0 Å². The van der Waals surface area contributed by atoms with E-state index in [0.29, 0.717) is 0 Å². The Labute approximate surface area is 137 Å². The van der Waals surface area contributed by atoms with Gasteiger partial charge in [0.25, 0.3) is 0 Å². The van der Waals surface area contributed by atoms with Crippen LogP contribution in [0.5, 0.6) is 0 Å². The molecule has 0 spiro atoms. The average molecular weight is 396 g/mol.